The average molecular weight is 189 g/mol. The molecule has 0 fully saturated rings. The van der Waals surface area contributed by atoms with Gasteiger partial charge in [0.1, 0.15) is 5.69 Å². The highest BCUT2D eigenvalue weighted by Gasteiger charge is 2.37. The second-order valence-corrected chi connectivity index (χ2v) is 3.75. The third kappa shape index (κ3) is 1.04. The van der Waals surface area contributed by atoms with E-state index >= 15 is 0 Å². The van der Waals surface area contributed by atoms with E-state index in [2.05, 4.69) is 50.0 Å². The van der Waals surface area contributed by atoms with Crippen LogP contribution in [0.3, 0.4) is 0 Å². The summed E-state index contributed by atoms with van der Waals surface area (Å²) in [7, 11) is 0. The minimum absolute atomic E-state index is 0.927. The van der Waals surface area contributed by atoms with Crippen LogP contribution in [0.4, 0.5) is 11.4 Å². The summed E-state index contributed by atoms with van der Waals surface area (Å²) in [6, 6.07) is 8.46. The molecule has 2 nitrogen and oxygen atoms in total. The summed E-state index contributed by atoms with van der Waals surface area (Å²) in [6.07, 6.45) is 0. The van der Waals surface area contributed by atoms with Crippen molar-refractivity contribution in [1.29, 1.82) is 0 Å². The molecule has 0 saturated carbocycles. The fraction of sp³-hybridized carbons (Fsp3) is 0.417. The summed E-state index contributed by atoms with van der Waals surface area (Å²) in [4.78, 5) is 4.64. The number of para-hydroxylation sites is 2. The first-order chi connectivity index (χ1) is 6.74. The molecule has 1 aromatic rings. The molecule has 0 N–H and O–H groups in total. The summed E-state index contributed by atoms with van der Waals surface area (Å²) in [5.41, 5.74) is 2.50. The maximum absolute atomic E-state index is 4.64. The Labute approximate surface area is 85.5 Å². The molecular formula is C12H17N2+. The SMILES string of the molecule is CC[N+]1(CC)C(C)=Nc2ccccc21. The molecule has 14 heavy (non-hydrogen) atoms. The maximum atomic E-state index is 4.64. The van der Waals surface area contributed by atoms with Gasteiger partial charge in [0.05, 0.1) is 13.1 Å². The molecule has 0 unspecified atom stereocenters. The van der Waals surface area contributed by atoms with Gasteiger partial charge in [0.2, 0.25) is 5.84 Å². The predicted molar refractivity (Wildman–Crippen MR) is 62.1 cm³/mol. The fourth-order valence-corrected chi connectivity index (χ4v) is 2.39. The van der Waals surface area contributed by atoms with Gasteiger partial charge in [-0.25, -0.2) is 4.48 Å². The van der Waals surface area contributed by atoms with Crippen molar-refractivity contribution in [1.82, 2.24) is 4.48 Å². The summed E-state index contributed by atoms with van der Waals surface area (Å²) < 4.78 is 0.927. The van der Waals surface area contributed by atoms with Crippen molar-refractivity contribution in [2.75, 3.05) is 13.1 Å². The van der Waals surface area contributed by atoms with Gasteiger partial charge < -0.3 is 0 Å². The molecule has 0 radical (unpaired) electrons. The van der Waals surface area contributed by atoms with Crippen LogP contribution in [0.5, 0.6) is 0 Å². The minimum Gasteiger partial charge on any atom is -0.245 e. The van der Waals surface area contributed by atoms with Gasteiger partial charge >= 0.3 is 0 Å². The second-order valence-electron chi connectivity index (χ2n) is 3.75. The molecule has 0 saturated heterocycles. The summed E-state index contributed by atoms with van der Waals surface area (Å²) in [5, 5.41) is 0. The number of hydrogen-bond acceptors (Lipinski definition) is 1. The van der Waals surface area contributed by atoms with Gasteiger partial charge in [-0.05, 0) is 19.9 Å². The van der Waals surface area contributed by atoms with Crippen molar-refractivity contribution in [3.05, 3.63) is 24.3 Å². The van der Waals surface area contributed by atoms with Crippen molar-refractivity contribution in [2.24, 2.45) is 4.99 Å². The Morgan fingerprint density at radius 1 is 1.14 bits per heavy atom. The van der Waals surface area contributed by atoms with E-state index in [0.717, 1.165) is 23.3 Å². The highest BCUT2D eigenvalue weighted by atomic mass is 15.4. The van der Waals surface area contributed by atoms with Crippen LogP contribution >= 0.6 is 0 Å². The Kier molecular flexibility index (Phi) is 2.16. The number of benzene rings is 1. The van der Waals surface area contributed by atoms with Crippen LogP contribution in [0.2, 0.25) is 0 Å². The van der Waals surface area contributed by atoms with Crippen LogP contribution in [0.25, 0.3) is 0 Å². The molecule has 1 aromatic carbocycles. The molecule has 0 spiro atoms. The molecule has 0 aliphatic carbocycles. The van der Waals surface area contributed by atoms with Crippen molar-refractivity contribution < 1.29 is 0 Å². The largest absolute Gasteiger partial charge is 0.245 e. The average Bonchev–Trinajstić information content (AvgIpc) is 2.50. The Balaban J connectivity index is 2.60. The zero-order valence-corrected chi connectivity index (χ0v) is 9.12. The molecule has 1 aliphatic heterocycles. The highest BCUT2D eigenvalue weighted by molar-refractivity contribution is 6.00. The van der Waals surface area contributed by atoms with Crippen LogP contribution in [0.15, 0.2) is 29.3 Å². The topological polar surface area (TPSA) is 12.4 Å². The number of amidine groups is 1. The first kappa shape index (κ1) is 9.41. The number of quaternary nitrogens is 1. The number of aliphatic imine (C=N–C) groups is 1. The van der Waals surface area contributed by atoms with Gasteiger partial charge in [-0.3, -0.25) is 0 Å². The van der Waals surface area contributed by atoms with Gasteiger partial charge in [0, 0.05) is 13.0 Å². The van der Waals surface area contributed by atoms with E-state index in [1.54, 1.807) is 0 Å². The molecule has 2 heteroatoms. The molecule has 2 rings (SSSR count). The summed E-state index contributed by atoms with van der Waals surface area (Å²) in [6.45, 7) is 8.76. The minimum atomic E-state index is 0.927. The normalized spacial score (nSPS) is 17.8. The second kappa shape index (κ2) is 3.21. The van der Waals surface area contributed by atoms with E-state index in [9.17, 15) is 0 Å². The molecule has 0 bridgehead atoms. The monoisotopic (exact) mass is 189 g/mol. The predicted octanol–water partition coefficient (Wildman–Crippen LogP) is 3.10. The lowest BCUT2D eigenvalue weighted by Crippen LogP contribution is -2.50. The third-order valence-corrected chi connectivity index (χ3v) is 3.32. The third-order valence-electron chi connectivity index (χ3n) is 3.32. The quantitative estimate of drug-likeness (QED) is 0.634. The summed E-state index contributed by atoms with van der Waals surface area (Å²) in [5.74, 6) is 1.22. The molecule has 0 aromatic heterocycles. The lowest BCUT2D eigenvalue weighted by Gasteiger charge is -2.31. The van der Waals surface area contributed by atoms with Crippen molar-refractivity contribution >= 4 is 17.2 Å². The molecule has 1 heterocycles. The number of rotatable bonds is 2. The van der Waals surface area contributed by atoms with Crippen molar-refractivity contribution in [2.45, 2.75) is 20.8 Å². The van der Waals surface area contributed by atoms with Crippen LogP contribution < -0.4 is 4.48 Å². The Hall–Kier alpha value is -1.15. The molecule has 74 valence electrons. The maximum Gasteiger partial charge on any atom is 0.205 e. The van der Waals surface area contributed by atoms with Crippen molar-refractivity contribution in [3.63, 3.8) is 0 Å². The van der Waals surface area contributed by atoms with Crippen molar-refractivity contribution in [3.8, 4) is 0 Å². The zero-order valence-electron chi connectivity index (χ0n) is 9.12. The number of hydrogen-bond donors (Lipinski definition) is 0. The Morgan fingerprint density at radius 2 is 1.79 bits per heavy atom. The fourth-order valence-electron chi connectivity index (χ4n) is 2.39. The lowest BCUT2D eigenvalue weighted by molar-refractivity contribution is 0.459. The smallest absolute Gasteiger partial charge is 0.205 e. The van der Waals surface area contributed by atoms with E-state index in [0.29, 0.717) is 0 Å². The van der Waals surface area contributed by atoms with Gasteiger partial charge in [-0.15, -0.1) is 0 Å². The molecular weight excluding hydrogens is 172 g/mol. The van der Waals surface area contributed by atoms with Crippen LogP contribution in [0.1, 0.15) is 20.8 Å². The standard InChI is InChI=1S/C12H17N2/c1-4-14(5-2)10(3)13-11-8-6-7-9-12(11)14/h6-9H,4-5H2,1-3H3/q+1. The summed E-state index contributed by atoms with van der Waals surface area (Å²) >= 11 is 0. The van der Waals surface area contributed by atoms with Gasteiger partial charge in [-0.2, -0.15) is 4.99 Å². The number of fused-ring (bicyclic) bond motifs is 1. The van der Waals surface area contributed by atoms with E-state index < -0.39 is 0 Å². The van der Waals surface area contributed by atoms with E-state index in [-0.39, 0.29) is 0 Å². The first-order valence-electron chi connectivity index (χ1n) is 5.27. The molecule has 1 aliphatic rings. The molecule has 0 atom stereocenters. The lowest BCUT2D eigenvalue weighted by atomic mass is 10.2. The van der Waals surface area contributed by atoms with Crippen LogP contribution in [0, 0.1) is 0 Å². The highest BCUT2D eigenvalue weighted by Crippen LogP contribution is 2.39. The Morgan fingerprint density at radius 3 is 2.43 bits per heavy atom. The number of nitrogens with zero attached hydrogens (tertiary/aromatic N) is 2. The first-order valence-corrected chi connectivity index (χ1v) is 5.27. The van der Waals surface area contributed by atoms with E-state index in [4.69, 9.17) is 0 Å². The van der Waals surface area contributed by atoms with Crippen LogP contribution in [-0.2, 0) is 0 Å². The van der Waals surface area contributed by atoms with Gasteiger partial charge in [0.15, 0.2) is 5.69 Å². The molecule has 0 amide bonds. The van der Waals surface area contributed by atoms with E-state index in [1.807, 2.05) is 0 Å². The van der Waals surface area contributed by atoms with Gasteiger partial charge in [-0.1, -0.05) is 12.1 Å². The zero-order chi connectivity index (χ0) is 10.2. The Bertz CT molecular complexity index is 376. The van der Waals surface area contributed by atoms with E-state index in [1.165, 1.54) is 11.5 Å². The van der Waals surface area contributed by atoms with Gasteiger partial charge in [0.25, 0.3) is 0 Å². The van der Waals surface area contributed by atoms with Crippen LogP contribution in [-0.4, -0.2) is 18.9 Å².